The average molecular weight is 636 g/mol. The van der Waals surface area contributed by atoms with Gasteiger partial charge in [0, 0.05) is 41.6 Å². The number of pyridine rings is 2. The Labute approximate surface area is 264 Å². The highest BCUT2D eigenvalue weighted by molar-refractivity contribution is 6.35. The predicted molar refractivity (Wildman–Crippen MR) is 172 cm³/mol. The lowest BCUT2D eigenvalue weighted by atomic mass is 9.96. The molecule has 0 spiro atoms. The molecule has 45 heavy (non-hydrogen) atoms. The van der Waals surface area contributed by atoms with E-state index in [1.807, 2.05) is 30.3 Å². The van der Waals surface area contributed by atoms with Crippen molar-refractivity contribution in [2.24, 2.45) is 5.41 Å². The Morgan fingerprint density at radius 2 is 1.91 bits per heavy atom. The van der Waals surface area contributed by atoms with Crippen LogP contribution in [0.3, 0.4) is 0 Å². The lowest BCUT2D eigenvalue weighted by Crippen LogP contribution is -2.52. The Hall–Kier alpha value is -4.40. The molecule has 0 amide bonds. The summed E-state index contributed by atoms with van der Waals surface area (Å²) in [6.45, 7) is 6.98. The van der Waals surface area contributed by atoms with E-state index in [0.717, 1.165) is 27.0 Å². The zero-order valence-electron chi connectivity index (χ0n) is 25.2. The third kappa shape index (κ3) is 5.64. The molecule has 12 heteroatoms. The van der Waals surface area contributed by atoms with E-state index < -0.39 is 17.8 Å². The fourth-order valence-corrected chi connectivity index (χ4v) is 5.86. The highest BCUT2D eigenvalue weighted by Gasteiger charge is 2.67. The summed E-state index contributed by atoms with van der Waals surface area (Å²) in [5.41, 5.74) is 7.51. The van der Waals surface area contributed by atoms with Crippen LogP contribution in [0.4, 0.5) is 24.5 Å². The number of nitrogens with one attached hydrogen (secondary N) is 4. The first kappa shape index (κ1) is 30.6. The van der Waals surface area contributed by atoms with Crippen molar-refractivity contribution < 1.29 is 17.9 Å². The molecule has 0 saturated heterocycles. The lowest BCUT2D eigenvalue weighted by Gasteiger charge is -2.28. The second-order valence-electron chi connectivity index (χ2n) is 12.5. The maximum atomic E-state index is 14.1. The maximum absolute atomic E-state index is 14.1. The van der Waals surface area contributed by atoms with Crippen molar-refractivity contribution in [3.05, 3.63) is 76.8 Å². The van der Waals surface area contributed by atoms with E-state index in [2.05, 4.69) is 58.3 Å². The number of nitrogens with zero attached hydrogens (tertiary/aromatic N) is 3. The second-order valence-corrected chi connectivity index (χ2v) is 12.9. The number of hydrogen-bond donors (Lipinski definition) is 4. The standard InChI is InChI=1S/C33H33ClF3N7O/c1-6-19-16-39-28-24(27(19)40-18-31(2,3)4)14-20(15-25(28)34)41-29(22-8-7-9-23-21(22)10-13-38-30(23)45-5)26-17-44(43-42-26)32(11-12-32)33(35,36)37/h1,7-10,13-17,29,41-43H,11-12,18H2,2-5H3,(H,39,40)/t29-/m0/s1. The predicted octanol–water partition coefficient (Wildman–Crippen LogP) is 7.30. The highest BCUT2D eigenvalue weighted by Crippen LogP contribution is 2.54. The number of alkyl halides is 3. The molecule has 0 radical (unpaired) electrons. The number of aromatic nitrogens is 2. The van der Waals surface area contributed by atoms with E-state index in [9.17, 15) is 13.2 Å². The van der Waals surface area contributed by atoms with Crippen LogP contribution in [0.2, 0.25) is 5.02 Å². The molecule has 1 fully saturated rings. The van der Waals surface area contributed by atoms with Crippen LogP contribution in [0.1, 0.15) is 50.8 Å². The van der Waals surface area contributed by atoms with Crippen LogP contribution in [0.5, 0.6) is 5.88 Å². The van der Waals surface area contributed by atoms with Gasteiger partial charge in [0.05, 0.1) is 40.6 Å². The van der Waals surface area contributed by atoms with Crippen molar-refractivity contribution >= 4 is 44.7 Å². The van der Waals surface area contributed by atoms with Gasteiger partial charge in [-0.1, -0.05) is 50.4 Å². The molecule has 2 aromatic heterocycles. The molecule has 0 bridgehead atoms. The summed E-state index contributed by atoms with van der Waals surface area (Å²) in [6.07, 6.45) is 6.19. The summed E-state index contributed by atoms with van der Waals surface area (Å²) in [5.74, 6) is 3.15. The van der Waals surface area contributed by atoms with Crippen LogP contribution in [0.25, 0.3) is 21.7 Å². The molecule has 1 atom stereocenters. The molecule has 234 valence electrons. The van der Waals surface area contributed by atoms with Gasteiger partial charge < -0.3 is 20.8 Å². The summed E-state index contributed by atoms with van der Waals surface area (Å²) < 4.78 is 47.7. The van der Waals surface area contributed by atoms with Gasteiger partial charge in [-0.15, -0.1) is 12.0 Å². The van der Waals surface area contributed by atoms with Gasteiger partial charge in [-0.2, -0.15) is 13.2 Å². The van der Waals surface area contributed by atoms with Gasteiger partial charge in [0.2, 0.25) is 5.88 Å². The minimum Gasteiger partial charge on any atom is -0.481 e. The Bertz CT molecular complexity index is 1860. The van der Waals surface area contributed by atoms with E-state index in [0.29, 0.717) is 45.3 Å². The molecule has 1 saturated carbocycles. The first-order valence-electron chi connectivity index (χ1n) is 14.5. The Morgan fingerprint density at radius 3 is 2.58 bits per heavy atom. The van der Waals surface area contributed by atoms with Gasteiger partial charge in [-0.3, -0.25) is 9.99 Å². The van der Waals surface area contributed by atoms with E-state index in [4.69, 9.17) is 22.8 Å². The molecule has 6 rings (SSSR count). The number of anilines is 2. The van der Waals surface area contributed by atoms with Crippen molar-refractivity contribution in [1.82, 2.24) is 25.9 Å². The fourth-order valence-electron chi connectivity index (χ4n) is 5.59. The average Bonchev–Trinajstić information content (AvgIpc) is 3.69. The van der Waals surface area contributed by atoms with Crippen molar-refractivity contribution in [3.8, 4) is 18.2 Å². The zero-order chi connectivity index (χ0) is 32.1. The molecule has 2 aliphatic rings. The molecular formula is C33H33ClF3N7O. The molecule has 4 N–H and O–H groups in total. The molecule has 1 aliphatic carbocycles. The van der Waals surface area contributed by atoms with Crippen molar-refractivity contribution in [2.45, 2.75) is 51.4 Å². The lowest BCUT2D eigenvalue weighted by molar-refractivity contribution is -0.195. The Morgan fingerprint density at radius 1 is 1.13 bits per heavy atom. The molecule has 2 aromatic carbocycles. The summed E-state index contributed by atoms with van der Waals surface area (Å²) in [4.78, 5) is 8.86. The number of halogens is 4. The van der Waals surface area contributed by atoms with Gasteiger partial charge in [-0.25, -0.2) is 4.98 Å². The third-order valence-electron chi connectivity index (χ3n) is 8.11. The van der Waals surface area contributed by atoms with Crippen LogP contribution in [0, 0.1) is 17.8 Å². The van der Waals surface area contributed by atoms with Crippen LogP contribution in [-0.4, -0.2) is 40.3 Å². The highest BCUT2D eigenvalue weighted by atomic mass is 35.5. The summed E-state index contributed by atoms with van der Waals surface area (Å²) >= 11 is 6.80. The summed E-state index contributed by atoms with van der Waals surface area (Å²) in [6, 6.07) is 10.5. The number of benzene rings is 2. The van der Waals surface area contributed by atoms with Gasteiger partial charge in [-0.05, 0) is 53.5 Å². The van der Waals surface area contributed by atoms with E-state index in [-0.39, 0.29) is 18.3 Å². The molecule has 1 aliphatic heterocycles. The molecule has 0 unspecified atom stereocenters. The van der Waals surface area contributed by atoms with Gasteiger partial charge >= 0.3 is 6.18 Å². The molecule has 4 aromatic rings. The minimum atomic E-state index is -4.40. The zero-order valence-corrected chi connectivity index (χ0v) is 26.0. The van der Waals surface area contributed by atoms with Crippen molar-refractivity contribution in [1.29, 1.82) is 0 Å². The first-order chi connectivity index (χ1) is 21.3. The molecule has 3 heterocycles. The van der Waals surface area contributed by atoms with Crippen molar-refractivity contribution in [2.75, 3.05) is 24.3 Å². The smallest absolute Gasteiger partial charge is 0.413 e. The first-order valence-corrected chi connectivity index (χ1v) is 14.8. The van der Waals surface area contributed by atoms with Crippen LogP contribution in [-0.2, 0) is 0 Å². The fraction of sp³-hybridized carbons (Fsp3) is 0.333. The van der Waals surface area contributed by atoms with Crippen LogP contribution >= 0.6 is 11.6 Å². The normalized spacial score (nSPS) is 16.6. The largest absolute Gasteiger partial charge is 0.481 e. The van der Waals surface area contributed by atoms with Crippen LogP contribution < -0.4 is 26.3 Å². The van der Waals surface area contributed by atoms with Gasteiger partial charge in [0.25, 0.3) is 0 Å². The monoisotopic (exact) mass is 635 g/mol. The SMILES string of the molecule is C#Cc1cnc2c(Cl)cc(N[C@H](C3=CN(C4(C(F)(F)F)CC4)NN3)c3cccc4c(OC)nccc34)cc2c1NCC(C)(C)C. The molecular weight excluding hydrogens is 603 g/mol. The Kier molecular flexibility index (Phi) is 7.62. The maximum Gasteiger partial charge on any atom is 0.413 e. The van der Waals surface area contributed by atoms with Crippen LogP contribution in [0.15, 0.2) is 60.7 Å². The molecule has 8 nitrogen and oxygen atoms in total. The number of terminal acetylenes is 1. The van der Waals surface area contributed by atoms with Crippen molar-refractivity contribution in [3.63, 3.8) is 0 Å². The number of methoxy groups -OCH3 is 1. The minimum absolute atomic E-state index is 0.000667. The van der Waals surface area contributed by atoms with E-state index >= 15 is 0 Å². The number of hydrazine groups is 2. The van der Waals surface area contributed by atoms with Gasteiger partial charge in [0.1, 0.15) is 0 Å². The number of fused-ring (bicyclic) bond motifs is 2. The van der Waals surface area contributed by atoms with E-state index in [1.165, 1.54) is 6.20 Å². The third-order valence-corrected chi connectivity index (χ3v) is 8.39. The Balaban J connectivity index is 1.48. The quantitative estimate of drug-likeness (QED) is 0.150. The second kappa shape index (κ2) is 11.2. The summed E-state index contributed by atoms with van der Waals surface area (Å²) in [7, 11) is 1.54. The number of hydrogen-bond acceptors (Lipinski definition) is 8. The summed E-state index contributed by atoms with van der Waals surface area (Å²) in [5, 5.41) is 10.8. The number of ether oxygens (including phenoxy) is 1. The number of rotatable bonds is 8. The van der Waals surface area contributed by atoms with E-state index in [1.54, 1.807) is 25.6 Å². The van der Waals surface area contributed by atoms with Gasteiger partial charge in [0.15, 0.2) is 5.54 Å². The topological polar surface area (TPSA) is 86.4 Å².